The minimum atomic E-state index is -0.419. The number of benzene rings is 1. The molecule has 0 radical (unpaired) electrons. The van der Waals surface area contributed by atoms with Crippen LogP contribution in [0.3, 0.4) is 0 Å². The van der Waals surface area contributed by atoms with Crippen LogP contribution in [0.1, 0.15) is 24.0 Å². The molecule has 3 aromatic rings. The van der Waals surface area contributed by atoms with Gasteiger partial charge in [0.1, 0.15) is 6.04 Å². The van der Waals surface area contributed by atoms with E-state index in [9.17, 15) is 9.59 Å². The summed E-state index contributed by atoms with van der Waals surface area (Å²) in [5.41, 5.74) is 3.05. The van der Waals surface area contributed by atoms with Crippen molar-refractivity contribution in [1.29, 1.82) is 0 Å². The van der Waals surface area contributed by atoms with Crippen LogP contribution >= 0.6 is 0 Å². The molecule has 1 aliphatic rings. The van der Waals surface area contributed by atoms with E-state index in [-0.39, 0.29) is 11.8 Å². The van der Waals surface area contributed by atoms with E-state index in [0.29, 0.717) is 25.9 Å². The van der Waals surface area contributed by atoms with E-state index in [4.69, 9.17) is 0 Å². The molecule has 0 bridgehead atoms. The number of hydrogen-bond donors (Lipinski definition) is 2. The smallest absolute Gasteiger partial charge is 0.243 e. The van der Waals surface area contributed by atoms with Crippen molar-refractivity contribution in [3.05, 3.63) is 66.1 Å². The Morgan fingerprint density at radius 3 is 2.88 bits per heavy atom. The Morgan fingerprint density at radius 1 is 1.23 bits per heavy atom. The summed E-state index contributed by atoms with van der Waals surface area (Å²) in [6.07, 6.45) is 6.29. The van der Waals surface area contributed by atoms with Crippen LogP contribution in [0.15, 0.2) is 55.0 Å². The van der Waals surface area contributed by atoms with E-state index < -0.39 is 6.04 Å². The maximum atomic E-state index is 12.6. The zero-order chi connectivity index (χ0) is 17.9. The third-order valence-electron chi connectivity index (χ3n) is 4.86. The third-order valence-corrected chi connectivity index (χ3v) is 4.86. The number of rotatable bonds is 5. The Balaban J connectivity index is 1.47. The van der Waals surface area contributed by atoms with Gasteiger partial charge in [0.25, 0.3) is 0 Å². The summed E-state index contributed by atoms with van der Waals surface area (Å²) in [6, 6.07) is 11.3. The van der Waals surface area contributed by atoms with Crippen LogP contribution in [0, 0.1) is 0 Å². The monoisotopic (exact) mass is 348 g/mol. The fourth-order valence-electron chi connectivity index (χ4n) is 3.46. The van der Waals surface area contributed by atoms with Crippen LogP contribution in [0.25, 0.3) is 10.9 Å². The fraction of sp³-hybridized carbons (Fsp3) is 0.250. The molecule has 1 fully saturated rings. The first kappa shape index (κ1) is 16.3. The molecule has 132 valence electrons. The molecule has 4 rings (SSSR count). The molecule has 0 saturated carbocycles. The highest BCUT2D eigenvalue weighted by Gasteiger charge is 2.36. The molecule has 0 aliphatic carbocycles. The summed E-state index contributed by atoms with van der Waals surface area (Å²) >= 11 is 0. The molecule has 2 amide bonds. The quantitative estimate of drug-likeness (QED) is 0.743. The third kappa shape index (κ3) is 3.18. The number of aromatic amines is 1. The number of hydrogen-bond acceptors (Lipinski definition) is 3. The van der Waals surface area contributed by atoms with Gasteiger partial charge in [-0.1, -0.05) is 18.2 Å². The Labute approximate surface area is 151 Å². The summed E-state index contributed by atoms with van der Waals surface area (Å²) in [5.74, 6) is -0.0770. The van der Waals surface area contributed by atoms with Crippen molar-refractivity contribution < 1.29 is 9.59 Å². The second-order valence-corrected chi connectivity index (χ2v) is 6.51. The van der Waals surface area contributed by atoms with E-state index in [1.54, 1.807) is 17.3 Å². The van der Waals surface area contributed by atoms with E-state index >= 15 is 0 Å². The lowest BCUT2D eigenvalue weighted by Crippen LogP contribution is -2.44. The zero-order valence-electron chi connectivity index (χ0n) is 14.3. The predicted octanol–water partition coefficient (Wildman–Crippen LogP) is 2.37. The van der Waals surface area contributed by atoms with Gasteiger partial charge in [0.2, 0.25) is 11.8 Å². The van der Waals surface area contributed by atoms with Gasteiger partial charge in [-0.2, -0.15) is 0 Å². The Morgan fingerprint density at radius 2 is 2.04 bits per heavy atom. The Hall–Kier alpha value is -3.15. The van der Waals surface area contributed by atoms with E-state index in [1.807, 2.05) is 42.6 Å². The molecule has 1 aromatic carbocycles. The molecule has 0 spiro atoms. The largest absolute Gasteiger partial charge is 0.361 e. The van der Waals surface area contributed by atoms with Crippen LogP contribution < -0.4 is 5.32 Å². The van der Waals surface area contributed by atoms with E-state index in [1.165, 1.54) is 0 Å². The summed E-state index contributed by atoms with van der Waals surface area (Å²) in [4.78, 5) is 33.9. The predicted molar refractivity (Wildman–Crippen MR) is 98.0 cm³/mol. The minimum Gasteiger partial charge on any atom is -0.361 e. The van der Waals surface area contributed by atoms with Gasteiger partial charge in [-0.15, -0.1) is 0 Å². The summed E-state index contributed by atoms with van der Waals surface area (Å²) in [6.45, 7) is 0.878. The highest BCUT2D eigenvalue weighted by Crippen LogP contribution is 2.25. The standard InChI is InChI=1S/C20H20N4O2/c25-19-6-5-18(20(26)23-11-14-7-9-21-10-8-14)24(19)13-15-12-22-17-4-2-1-3-16(15)17/h1-4,7-10,12,18,22H,5-6,11,13H2,(H,23,26). The van der Waals surface area contributed by atoms with Crippen LogP contribution in [0.2, 0.25) is 0 Å². The van der Waals surface area contributed by atoms with Crippen LogP contribution in [0.4, 0.5) is 0 Å². The maximum absolute atomic E-state index is 12.6. The van der Waals surface area contributed by atoms with Gasteiger partial charge in [-0.3, -0.25) is 14.6 Å². The molecule has 1 aliphatic heterocycles. The molecule has 2 aromatic heterocycles. The number of para-hydroxylation sites is 1. The normalized spacial score (nSPS) is 17.0. The lowest BCUT2D eigenvalue weighted by molar-refractivity contribution is -0.135. The van der Waals surface area contributed by atoms with E-state index in [0.717, 1.165) is 22.0 Å². The molecule has 1 unspecified atom stereocenters. The number of H-pyrrole nitrogens is 1. The SMILES string of the molecule is O=C(NCc1ccncc1)C1CCC(=O)N1Cc1c[nH]c2ccccc12. The van der Waals surface area contributed by atoms with Crippen LogP contribution in [0.5, 0.6) is 0 Å². The highest BCUT2D eigenvalue weighted by atomic mass is 16.2. The molecular weight excluding hydrogens is 328 g/mol. The Kier molecular flexibility index (Phi) is 4.39. The second kappa shape index (κ2) is 7.00. The molecular formula is C20H20N4O2. The highest BCUT2D eigenvalue weighted by molar-refractivity contribution is 5.91. The fourth-order valence-corrected chi connectivity index (χ4v) is 3.46. The van der Waals surface area contributed by atoms with Crippen molar-refractivity contribution in [2.45, 2.75) is 32.0 Å². The van der Waals surface area contributed by atoms with Crippen molar-refractivity contribution in [2.24, 2.45) is 0 Å². The molecule has 1 atom stereocenters. The molecule has 1 saturated heterocycles. The van der Waals surface area contributed by atoms with E-state index in [2.05, 4.69) is 15.3 Å². The number of amides is 2. The number of nitrogens with zero attached hydrogens (tertiary/aromatic N) is 2. The van der Waals surface area contributed by atoms with Crippen LogP contribution in [-0.4, -0.2) is 32.7 Å². The Bertz CT molecular complexity index is 935. The average Bonchev–Trinajstić information content (AvgIpc) is 3.25. The number of carbonyl (C=O) groups excluding carboxylic acids is 2. The molecule has 6 heteroatoms. The maximum Gasteiger partial charge on any atom is 0.243 e. The van der Waals surface area contributed by atoms with Gasteiger partial charge in [-0.25, -0.2) is 0 Å². The van der Waals surface area contributed by atoms with Gasteiger partial charge in [0.05, 0.1) is 0 Å². The number of likely N-dealkylation sites (tertiary alicyclic amines) is 1. The summed E-state index contributed by atoms with van der Waals surface area (Å²) in [5, 5.41) is 4.03. The van der Waals surface area contributed by atoms with Gasteiger partial charge < -0.3 is 15.2 Å². The van der Waals surface area contributed by atoms with Crippen molar-refractivity contribution >= 4 is 22.7 Å². The first-order valence-corrected chi connectivity index (χ1v) is 8.73. The summed E-state index contributed by atoms with van der Waals surface area (Å²) < 4.78 is 0. The first-order chi connectivity index (χ1) is 12.7. The number of carbonyl (C=O) groups is 2. The molecule has 26 heavy (non-hydrogen) atoms. The van der Waals surface area contributed by atoms with Crippen molar-refractivity contribution in [3.63, 3.8) is 0 Å². The minimum absolute atomic E-state index is 0.0272. The molecule has 6 nitrogen and oxygen atoms in total. The molecule has 3 heterocycles. The van der Waals surface area contributed by atoms with Crippen LogP contribution in [-0.2, 0) is 22.7 Å². The number of aromatic nitrogens is 2. The van der Waals surface area contributed by atoms with Gasteiger partial charge in [0, 0.05) is 49.0 Å². The lowest BCUT2D eigenvalue weighted by atomic mass is 10.1. The van der Waals surface area contributed by atoms with Crippen molar-refractivity contribution in [3.8, 4) is 0 Å². The number of nitrogens with one attached hydrogen (secondary N) is 2. The van der Waals surface area contributed by atoms with Gasteiger partial charge in [0.15, 0.2) is 0 Å². The summed E-state index contributed by atoms with van der Waals surface area (Å²) in [7, 11) is 0. The lowest BCUT2D eigenvalue weighted by Gasteiger charge is -2.24. The number of fused-ring (bicyclic) bond motifs is 1. The first-order valence-electron chi connectivity index (χ1n) is 8.73. The zero-order valence-corrected chi connectivity index (χ0v) is 14.3. The van der Waals surface area contributed by atoms with Gasteiger partial charge in [-0.05, 0) is 35.7 Å². The van der Waals surface area contributed by atoms with Crippen molar-refractivity contribution in [1.82, 2.24) is 20.2 Å². The second-order valence-electron chi connectivity index (χ2n) is 6.51. The average molecular weight is 348 g/mol. The number of pyridine rings is 1. The van der Waals surface area contributed by atoms with Crippen molar-refractivity contribution in [2.75, 3.05) is 0 Å². The van der Waals surface area contributed by atoms with Gasteiger partial charge >= 0.3 is 0 Å². The molecule has 2 N–H and O–H groups in total. The topological polar surface area (TPSA) is 78.1 Å².